The van der Waals surface area contributed by atoms with Gasteiger partial charge in [-0.2, -0.15) is 0 Å². The van der Waals surface area contributed by atoms with E-state index in [0.717, 1.165) is 61.6 Å². The van der Waals surface area contributed by atoms with Crippen molar-refractivity contribution in [2.75, 3.05) is 26.4 Å². The van der Waals surface area contributed by atoms with Gasteiger partial charge >= 0.3 is 6.09 Å². The number of nitrogens with zero attached hydrogens (tertiary/aromatic N) is 3. The highest BCUT2D eigenvalue weighted by molar-refractivity contribution is 7.90. The topological polar surface area (TPSA) is 79.8 Å². The van der Waals surface area contributed by atoms with E-state index >= 15 is 0 Å². The van der Waals surface area contributed by atoms with Crippen molar-refractivity contribution in [3.63, 3.8) is 0 Å². The van der Waals surface area contributed by atoms with E-state index in [2.05, 4.69) is 16.9 Å². The maximum Gasteiger partial charge on any atom is 0.410 e. The molecule has 1 aromatic heterocycles. The quantitative estimate of drug-likeness (QED) is 0.590. The molecule has 3 fully saturated rings. The number of carbonyl (C=O) groups is 1. The van der Waals surface area contributed by atoms with Gasteiger partial charge in [0.15, 0.2) is 9.84 Å². The van der Waals surface area contributed by atoms with Gasteiger partial charge in [0.2, 0.25) is 0 Å². The molecule has 2 saturated carbocycles. The molecule has 0 spiro atoms. The van der Waals surface area contributed by atoms with E-state index in [4.69, 9.17) is 4.74 Å². The Kier molecular flexibility index (Phi) is 6.86. The van der Waals surface area contributed by atoms with Crippen molar-refractivity contribution in [2.45, 2.75) is 62.1 Å². The van der Waals surface area contributed by atoms with Crippen molar-refractivity contribution >= 4 is 15.9 Å². The van der Waals surface area contributed by atoms with Gasteiger partial charge in [-0.05, 0) is 81.2 Å². The number of carbonyl (C=O) groups excluding carboxylic acids is 1. The van der Waals surface area contributed by atoms with Crippen LogP contribution < -0.4 is 0 Å². The van der Waals surface area contributed by atoms with Gasteiger partial charge in [-0.1, -0.05) is 18.2 Å². The molecule has 3 aliphatic rings. The summed E-state index contributed by atoms with van der Waals surface area (Å²) in [4.78, 5) is 21.8. The second-order valence-corrected chi connectivity index (χ2v) is 12.6. The van der Waals surface area contributed by atoms with Crippen molar-refractivity contribution < 1.29 is 17.9 Å². The minimum Gasteiger partial charge on any atom is -0.446 e. The van der Waals surface area contributed by atoms with Crippen LogP contribution in [-0.2, 0) is 21.1 Å². The molecular formula is C27H35N3O4S. The number of fused-ring (bicyclic) bond motifs is 2. The first-order valence-electron chi connectivity index (χ1n) is 12.7. The SMILES string of the molecule is CN(Cc1ccc(-c2ccc(S(C)(=O)=O)cc2)cn1)C1CCN(C(=O)OC2CC3CCC2C3)CC1. The third-order valence-electron chi connectivity index (χ3n) is 8.12. The molecule has 2 heterocycles. The average Bonchev–Trinajstić information content (AvgIpc) is 3.48. The highest BCUT2D eigenvalue weighted by atomic mass is 32.2. The standard InChI is InChI=1S/C27H35N3O4S/c1-29(18-23-8-5-22(17-28-23)20-6-9-25(10-7-20)35(2,32)33)24-11-13-30(14-12-24)27(31)34-26-16-19-3-4-21(26)15-19/h5-10,17,19,21,24,26H,3-4,11-16,18H2,1-2H3. The molecule has 3 unspecified atom stereocenters. The first kappa shape index (κ1) is 24.3. The molecule has 5 rings (SSSR count). The highest BCUT2D eigenvalue weighted by Gasteiger charge is 2.42. The Bertz CT molecular complexity index is 1140. The second-order valence-electron chi connectivity index (χ2n) is 10.6. The van der Waals surface area contributed by atoms with Gasteiger partial charge in [0.1, 0.15) is 6.10 Å². The summed E-state index contributed by atoms with van der Waals surface area (Å²) in [5.74, 6) is 1.37. The number of amides is 1. The largest absolute Gasteiger partial charge is 0.446 e. The number of likely N-dealkylation sites (tertiary alicyclic amines) is 1. The maximum atomic E-state index is 12.7. The summed E-state index contributed by atoms with van der Waals surface area (Å²) in [6, 6.07) is 11.4. The summed E-state index contributed by atoms with van der Waals surface area (Å²) in [5.41, 5.74) is 2.88. The number of benzene rings is 1. The number of piperidine rings is 1. The predicted molar refractivity (Wildman–Crippen MR) is 135 cm³/mol. The van der Waals surface area contributed by atoms with E-state index in [-0.39, 0.29) is 12.2 Å². The lowest BCUT2D eigenvalue weighted by atomic mass is 9.98. The van der Waals surface area contributed by atoms with Gasteiger partial charge in [-0.3, -0.25) is 9.88 Å². The smallest absolute Gasteiger partial charge is 0.410 e. The van der Waals surface area contributed by atoms with Gasteiger partial charge in [-0.15, -0.1) is 0 Å². The van der Waals surface area contributed by atoms with Crippen molar-refractivity contribution in [3.05, 3.63) is 48.3 Å². The van der Waals surface area contributed by atoms with Crippen LogP contribution in [0.25, 0.3) is 11.1 Å². The fourth-order valence-electron chi connectivity index (χ4n) is 5.99. The second kappa shape index (κ2) is 9.90. The Labute approximate surface area is 208 Å². The van der Waals surface area contributed by atoms with Crippen molar-refractivity contribution in [1.29, 1.82) is 0 Å². The lowest BCUT2D eigenvalue weighted by molar-refractivity contribution is 0.0264. The zero-order chi connectivity index (χ0) is 24.6. The molecule has 7 nitrogen and oxygen atoms in total. The number of pyridine rings is 1. The summed E-state index contributed by atoms with van der Waals surface area (Å²) in [6.45, 7) is 2.22. The molecule has 1 saturated heterocycles. The van der Waals surface area contributed by atoms with E-state index < -0.39 is 9.84 Å². The number of ether oxygens (including phenoxy) is 1. The monoisotopic (exact) mass is 497 g/mol. The molecule has 188 valence electrons. The van der Waals surface area contributed by atoms with E-state index in [1.807, 2.05) is 35.4 Å². The molecule has 1 aromatic carbocycles. The fourth-order valence-corrected chi connectivity index (χ4v) is 6.62. The van der Waals surface area contributed by atoms with Gasteiger partial charge in [0.05, 0.1) is 10.6 Å². The van der Waals surface area contributed by atoms with Crippen LogP contribution in [-0.4, -0.2) is 67.8 Å². The first-order chi connectivity index (χ1) is 16.8. The Morgan fingerprint density at radius 2 is 1.74 bits per heavy atom. The van der Waals surface area contributed by atoms with E-state index in [1.165, 1.54) is 25.5 Å². The number of aromatic nitrogens is 1. The van der Waals surface area contributed by atoms with Crippen LogP contribution in [0.1, 0.15) is 44.2 Å². The molecule has 35 heavy (non-hydrogen) atoms. The van der Waals surface area contributed by atoms with Crippen LogP contribution in [0.3, 0.4) is 0 Å². The predicted octanol–water partition coefficient (Wildman–Crippen LogP) is 4.37. The Balaban J connectivity index is 1.10. The summed E-state index contributed by atoms with van der Waals surface area (Å²) in [6.07, 6.45) is 9.80. The molecule has 1 aliphatic heterocycles. The van der Waals surface area contributed by atoms with Crippen LogP contribution in [0, 0.1) is 11.8 Å². The molecule has 1 amide bonds. The fraction of sp³-hybridized carbons (Fsp3) is 0.556. The van der Waals surface area contributed by atoms with Gasteiger partial charge in [0, 0.05) is 43.7 Å². The molecule has 0 radical (unpaired) electrons. The minimum absolute atomic E-state index is 0.120. The summed E-state index contributed by atoms with van der Waals surface area (Å²) < 4.78 is 29.2. The third-order valence-corrected chi connectivity index (χ3v) is 9.25. The lowest BCUT2D eigenvalue weighted by Crippen LogP contribution is -2.46. The normalized spacial score (nSPS) is 24.8. The zero-order valence-electron chi connectivity index (χ0n) is 20.6. The molecule has 2 aromatic rings. The van der Waals surface area contributed by atoms with Crippen LogP contribution in [0.15, 0.2) is 47.5 Å². The zero-order valence-corrected chi connectivity index (χ0v) is 21.4. The van der Waals surface area contributed by atoms with Gasteiger partial charge in [0.25, 0.3) is 0 Å². The van der Waals surface area contributed by atoms with Crippen LogP contribution >= 0.6 is 0 Å². The van der Waals surface area contributed by atoms with Crippen molar-refractivity contribution in [3.8, 4) is 11.1 Å². The highest BCUT2D eigenvalue weighted by Crippen LogP contribution is 2.46. The molecule has 2 aliphatic carbocycles. The number of hydrogen-bond acceptors (Lipinski definition) is 6. The van der Waals surface area contributed by atoms with Crippen LogP contribution in [0.5, 0.6) is 0 Å². The van der Waals surface area contributed by atoms with Crippen molar-refractivity contribution in [2.24, 2.45) is 11.8 Å². The molecule has 3 atom stereocenters. The average molecular weight is 498 g/mol. The molecule has 0 N–H and O–H groups in total. The number of sulfone groups is 1. The molecule has 2 bridgehead atoms. The van der Waals surface area contributed by atoms with Crippen LogP contribution in [0.2, 0.25) is 0 Å². The molecule has 8 heteroatoms. The van der Waals surface area contributed by atoms with Crippen LogP contribution in [0.4, 0.5) is 4.79 Å². The Hall–Kier alpha value is -2.45. The molecular weight excluding hydrogens is 462 g/mol. The maximum absolute atomic E-state index is 12.7. The summed E-state index contributed by atoms with van der Waals surface area (Å²) in [5, 5.41) is 0. The number of hydrogen-bond donors (Lipinski definition) is 0. The summed E-state index contributed by atoms with van der Waals surface area (Å²) in [7, 11) is -1.08. The van der Waals surface area contributed by atoms with E-state index in [9.17, 15) is 13.2 Å². The minimum atomic E-state index is -3.20. The number of rotatable bonds is 6. The lowest BCUT2D eigenvalue weighted by Gasteiger charge is -2.37. The van der Waals surface area contributed by atoms with E-state index in [0.29, 0.717) is 16.9 Å². The third kappa shape index (κ3) is 5.54. The first-order valence-corrected chi connectivity index (χ1v) is 14.6. The Morgan fingerprint density at radius 3 is 2.31 bits per heavy atom. The van der Waals surface area contributed by atoms with Gasteiger partial charge in [-0.25, -0.2) is 13.2 Å². The van der Waals surface area contributed by atoms with E-state index in [1.54, 1.807) is 12.1 Å². The van der Waals surface area contributed by atoms with Crippen molar-refractivity contribution in [1.82, 2.24) is 14.8 Å². The Morgan fingerprint density at radius 1 is 1.03 bits per heavy atom. The van der Waals surface area contributed by atoms with Gasteiger partial charge < -0.3 is 9.64 Å². The summed E-state index contributed by atoms with van der Waals surface area (Å²) >= 11 is 0.